The Balaban J connectivity index is 1.54. The number of hydrogen-bond acceptors (Lipinski definition) is 5. The zero-order valence-corrected chi connectivity index (χ0v) is 16.7. The number of nitrogens with zero attached hydrogens (tertiary/aromatic N) is 1. The fourth-order valence-corrected chi connectivity index (χ4v) is 2.98. The number of anilines is 1. The fourth-order valence-electron chi connectivity index (χ4n) is 2.98. The van der Waals surface area contributed by atoms with Crippen molar-refractivity contribution in [1.82, 2.24) is 4.57 Å². The third-order valence-corrected chi connectivity index (χ3v) is 4.53. The van der Waals surface area contributed by atoms with Gasteiger partial charge in [0.25, 0.3) is 5.91 Å². The van der Waals surface area contributed by atoms with Crippen molar-refractivity contribution in [2.24, 2.45) is 0 Å². The van der Waals surface area contributed by atoms with E-state index in [1.54, 1.807) is 18.2 Å². The monoisotopic (exact) mass is 396 g/mol. The fraction of sp³-hybridized carbons (Fsp3) is 0.273. The number of rotatable bonds is 8. The van der Waals surface area contributed by atoms with Gasteiger partial charge in [0.1, 0.15) is 11.5 Å². The highest BCUT2D eigenvalue weighted by molar-refractivity contribution is 5.95. The summed E-state index contributed by atoms with van der Waals surface area (Å²) in [5.74, 6) is 0.222. The van der Waals surface area contributed by atoms with Gasteiger partial charge in [-0.2, -0.15) is 0 Å². The van der Waals surface area contributed by atoms with Gasteiger partial charge in [-0.3, -0.25) is 9.59 Å². The van der Waals surface area contributed by atoms with Gasteiger partial charge in [-0.05, 0) is 24.4 Å². The van der Waals surface area contributed by atoms with E-state index < -0.39 is 18.0 Å². The molecule has 1 atom stereocenters. The van der Waals surface area contributed by atoms with Gasteiger partial charge in [-0.15, -0.1) is 0 Å². The summed E-state index contributed by atoms with van der Waals surface area (Å²) in [5, 5.41) is 3.82. The van der Waals surface area contributed by atoms with E-state index in [-0.39, 0.29) is 6.42 Å². The molecule has 0 bridgehead atoms. The Hall–Kier alpha value is -3.48. The summed E-state index contributed by atoms with van der Waals surface area (Å²) in [5.41, 5.74) is 1.55. The number of aromatic nitrogens is 1. The van der Waals surface area contributed by atoms with Crippen molar-refractivity contribution in [1.29, 1.82) is 0 Å². The number of methoxy groups -OCH3 is 2. The molecule has 2 aromatic carbocycles. The molecule has 7 nitrogen and oxygen atoms in total. The topological polar surface area (TPSA) is 78.8 Å². The van der Waals surface area contributed by atoms with Crippen LogP contribution >= 0.6 is 0 Å². The number of benzene rings is 2. The lowest BCUT2D eigenvalue weighted by Crippen LogP contribution is -2.30. The third kappa shape index (κ3) is 5.07. The third-order valence-electron chi connectivity index (χ3n) is 4.53. The van der Waals surface area contributed by atoms with Crippen LogP contribution in [0.4, 0.5) is 5.69 Å². The summed E-state index contributed by atoms with van der Waals surface area (Å²) in [4.78, 5) is 24.6. The van der Waals surface area contributed by atoms with Crippen LogP contribution in [0, 0.1) is 0 Å². The van der Waals surface area contributed by atoms with E-state index in [0.29, 0.717) is 23.7 Å². The lowest BCUT2D eigenvalue weighted by atomic mass is 10.2. The van der Waals surface area contributed by atoms with Gasteiger partial charge < -0.3 is 24.1 Å². The first-order valence-electron chi connectivity index (χ1n) is 9.27. The van der Waals surface area contributed by atoms with E-state index >= 15 is 0 Å². The van der Waals surface area contributed by atoms with E-state index in [9.17, 15) is 9.59 Å². The molecule has 0 spiro atoms. The summed E-state index contributed by atoms with van der Waals surface area (Å²) in [6.45, 7) is 2.02. The minimum Gasteiger partial charge on any atom is -0.497 e. The van der Waals surface area contributed by atoms with Crippen LogP contribution in [0.15, 0.2) is 54.7 Å². The average Bonchev–Trinajstić information content (AvgIpc) is 3.15. The molecule has 0 fully saturated rings. The van der Waals surface area contributed by atoms with Crippen molar-refractivity contribution in [2.75, 3.05) is 19.5 Å². The van der Waals surface area contributed by atoms with E-state index in [1.807, 2.05) is 41.1 Å². The number of carbonyl (C=O) groups excluding carboxylic acids is 2. The molecule has 3 rings (SSSR count). The Morgan fingerprint density at radius 3 is 2.41 bits per heavy atom. The van der Waals surface area contributed by atoms with Crippen molar-refractivity contribution < 1.29 is 23.8 Å². The van der Waals surface area contributed by atoms with Gasteiger partial charge >= 0.3 is 5.97 Å². The number of nitrogens with one attached hydrogen (secondary N) is 1. The average molecular weight is 396 g/mol. The maximum Gasteiger partial charge on any atom is 0.308 e. The smallest absolute Gasteiger partial charge is 0.308 e. The summed E-state index contributed by atoms with van der Waals surface area (Å²) >= 11 is 0. The minimum atomic E-state index is -0.930. The van der Waals surface area contributed by atoms with Gasteiger partial charge in [0.2, 0.25) is 0 Å². The second kappa shape index (κ2) is 9.14. The Morgan fingerprint density at radius 1 is 1.03 bits per heavy atom. The van der Waals surface area contributed by atoms with E-state index in [2.05, 4.69) is 5.32 Å². The number of ether oxygens (including phenoxy) is 3. The highest BCUT2D eigenvalue weighted by Crippen LogP contribution is 2.26. The highest BCUT2D eigenvalue weighted by Gasteiger charge is 2.18. The van der Waals surface area contributed by atoms with E-state index in [0.717, 1.165) is 10.9 Å². The number of carbonyl (C=O) groups is 2. The van der Waals surface area contributed by atoms with Crippen molar-refractivity contribution in [2.45, 2.75) is 26.0 Å². The van der Waals surface area contributed by atoms with E-state index in [1.165, 1.54) is 21.1 Å². The number of esters is 1. The summed E-state index contributed by atoms with van der Waals surface area (Å²) in [7, 11) is 3.05. The second-order valence-electron chi connectivity index (χ2n) is 6.54. The molecule has 3 aromatic rings. The molecule has 152 valence electrons. The van der Waals surface area contributed by atoms with Crippen LogP contribution in [0.25, 0.3) is 10.9 Å². The number of fused-ring (bicyclic) bond motifs is 1. The quantitative estimate of drug-likeness (QED) is 0.589. The molecule has 1 N–H and O–H groups in total. The Bertz CT molecular complexity index is 989. The first kappa shape index (κ1) is 20.3. The first-order chi connectivity index (χ1) is 14.0. The lowest BCUT2D eigenvalue weighted by Gasteiger charge is -2.15. The van der Waals surface area contributed by atoms with Crippen LogP contribution < -0.4 is 14.8 Å². The molecular weight excluding hydrogens is 372 g/mol. The molecule has 1 heterocycles. The van der Waals surface area contributed by atoms with Crippen LogP contribution in [0.3, 0.4) is 0 Å². The van der Waals surface area contributed by atoms with Crippen LogP contribution in [0.5, 0.6) is 11.5 Å². The van der Waals surface area contributed by atoms with Crippen molar-refractivity contribution in [3.63, 3.8) is 0 Å². The second-order valence-corrected chi connectivity index (χ2v) is 6.54. The number of hydrogen-bond donors (Lipinski definition) is 1. The lowest BCUT2D eigenvalue weighted by molar-refractivity contribution is -0.153. The summed E-state index contributed by atoms with van der Waals surface area (Å²) < 4.78 is 17.6. The molecule has 0 saturated heterocycles. The molecule has 0 saturated carbocycles. The number of aryl methyl sites for hydroxylation is 1. The largest absolute Gasteiger partial charge is 0.497 e. The normalized spacial score (nSPS) is 11.7. The van der Waals surface area contributed by atoms with Crippen LogP contribution in [0.1, 0.15) is 13.3 Å². The van der Waals surface area contributed by atoms with Gasteiger partial charge in [0.15, 0.2) is 6.10 Å². The van der Waals surface area contributed by atoms with Crippen LogP contribution in [-0.2, 0) is 20.9 Å². The van der Waals surface area contributed by atoms with Crippen molar-refractivity contribution in [3.8, 4) is 11.5 Å². The molecule has 29 heavy (non-hydrogen) atoms. The number of para-hydroxylation sites is 1. The van der Waals surface area contributed by atoms with Crippen LogP contribution in [0.2, 0.25) is 0 Å². The number of amides is 1. The van der Waals surface area contributed by atoms with Gasteiger partial charge in [-0.1, -0.05) is 18.2 Å². The maximum absolute atomic E-state index is 12.4. The van der Waals surface area contributed by atoms with Crippen molar-refractivity contribution >= 4 is 28.5 Å². The highest BCUT2D eigenvalue weighted by atomic mass is 16.5. The maximum atomic E-state index is 12.4. The standard InChI is InChI=1S/C22H24N2O5/c1-15(22(26)23-17-12-18(27-2)14-19(13-17)28-3)29-21(25)9-11-24-10-8-16-6-4-5-7-20(16)24/h4-8,10,12-15H,9,11H2,1-3H3,(H,23,26)/t15-/m0/s1. The molecule has 0 unspecified atom stereocenters. The zero-order chi connectivity index (χ0) is 20.8. The Morgan fingerprint density at radius 2 is 1.72 bits per heavy atom. The SMILES string of the molecule is COc1cc(NC(=O)[C@H](C)OC(=O)CCn2ccc3ccccc32)cc(OC)c1. The van der Waals surface area contributed by atoms with E-state index in [4.69, 9.17) is 14.2 Å². The van der Waals surface area contributed by atoms with Crippen LogP contribution in [-0.4, -0.2) is 36.8 Å². The first-order valence-corrected chi connectivity index (χ1v) is 9.27. The molecule has 0 aliphatic carbocycles. The van der Waals surface area contributed by atoms with Gasteiger partial charge in [0.05, 0.1) is 20.6 Å². The predicted molar refractivity (Wildman–Crippen MR) is 110 cm³/mol. The van der Waals surface area contributed by atoms with Gasteiger partial charge in [-0.25, -0.2) is 0 Å². The predicted octanol–water partition coefficient (Wildman–Crippen LogP) is 3.62. The van der Waals surface area contributed by atoms with Crippen molar-refractivity contribution in [3.05, 3.63) is 54.7 Å². The molecule has 0 radical (unpaired) electrons. The molecule has 0 aliphatic rings. The Labute approximate surface area is 169 Å². The molecular formula is C22H24N2O5. The molecule has 1 aromatic heterocycles. The molecule has 7 heteroatoms. The molecule has 1 amide bonds. The minimum absolute atomic E-state index is 0.170. The molecule has 0 aliphatic heterocycles. The zero-order valence-electron chi connectivity index (χ0n) is 16.7. The summed E-state index contributed by atoms with van der Waals surface area (Å²) in [6, 6.07) is 15.0. The van der Waals surface area contributed by atoms with Gasteiger partial charge in [0, 0.05) is 42.1 Å². The summed E-state index contributed by atoms with van der Waals surface area (Å²) in [6.07, 6.45) is 1.18. The Kier molecular flexibility index (Phi) is 6.39.